The molecule has 3 saturated carbocycles. The molecule has 5 aliphatic rings. The average Bonchev–Trinajstić information content (AvgIpc) is 3.21. The molecule has 0 radical (unpaired) electrons. The molecule has 1 aliphatic heterocycles. The van der Waals surface area contributed by atoms with Gasteiger partial charge < -0.3 is 14.6 Å². The van der Waals surface area contributed by atoms with E-state index in [1.165, 1.54) is 5.57 Å². The van der Waals surface area contributed by atoms with Gasteiger partial charge in [-0.1, -0.05) is 25.5 Å². The van der Waals surface area contributed by atoms with E-state index in [-0.39, 0.29) is 16.7 Å². The molecule has 0 aromatic heterocycles. The number of epoxide rings is 1. The molecule has 4 fully saturated rings. The zero-order valence-corrected chi connectivity index (χ0v) is 17.2. The lowest BCUT2D eigenvalue weighted by molar-refractivity contribution is -0.134. The van der Waals surface area contributed by atoms with Crippen LogP contribution in [0.5, 0.6) is 0 Å². The zero-order valence-electron chi connectivity index (χ0n) is 17.2. The van der Waals surface area contributed by atoms with Crippen molar-refractivity contribution >= 4 is 5.78 Å². The van der Waals surface area contributed by atoms with Gasteiger partial charge in [0.2, 0.25) is 5.60 Å². The fourth-order valence-corrected chi connectivity index (χ4v) is 8.19. The van der Waals surface area contributed by atoms with Gasteiger partial charge in [0.1, 0.15) is 17.5 Å². The van der Waals surface area contributed by atoms with Crippen molar-refractivity contribution in [2.24, 2.45) is 28.6 Å². The Balaban J connectivity index is 1.52. The number of Topliss-reactive ketones (excluding diaryl/α,β-unsaturated/α-hetero) is 1. The van der Waals surface area contributed by atoms with Crippen LogP contribution in [0.15, 0.2) is 11.6 Å². The van der Waals surface area contributed by atoms with Crippen LogP contribution in [-0.4, -0.2) is 41.9 Å². The Morgan fingerprint density at radius 3 is 2.89 bits per heavy atom. The van der Waals surface area contributed by atoms with E-state index in [1.54, 1.807) is 7.11 Å². The quantitative estimate of drug-likeness (QED) is 0.583. The fraction of sp³-hybridized carbons (Fsp3) is 0.826. The molecule has 1 saturated heterocycles. The topological polar surface area (TPSA) is 82.8 Å². The standard InChI is InChI=1S/C23H31NO4/c1-20-8-6-15(25)10-14(20)4-5-16-17-7-9-23(22(12-24,28-23)13-27-3)21(17,2)11-18(26)19(16)20/h4,16-19,26H,5-11,13H2,1-3H3/t16-,17-,18-,19+,20-,21-,22?,23+/m0/s1. The molecular weight excluding hydrogens is 354 g/mol. The summed E-state index contributed by atoms with van der Waals surface area (Å²) >= 11 is 0. The molecule has 5 heteroatoms. The maximum absolute atomic E-state index is 12.0. The van der Waals surface area contributed by atoms with Crippen LogP contribution in [0.25, 0.3) is 0 Å². The minimum atomic E-state index is -0.866. The highest BCUT2D eigenvalue weighted by Crippen LogP contribution is 2.75. The molecular formula is C23H31NO4. The van der Waals surface area contributed by atoms with Crippen LogP contribution in [0.3, 0.4) is 0 Å². The number of aliphatic hydroxyl groups excluding tert-OH is 1. The molecule has 1 spiro atoms. The molecule has 1 unspecified atom stereocenters. The number of ketones is 1. The molecule has 0 bridgehead atoms. The summed E-state index contributed by atoms with van der Waals surface area (Å²) in [4.78, 5) is 12.0. The minimum Gasteiger partial charge on any atom is -0.393 e. The molecule has 0 aromatic carbocycles. The van der Waals surface area contributed by atoms with Crippen molar-refractivity contribution in [3.8, 4) is 6.07 Å². The van der Waals surface area contributed by atoms with Crippen molar-refractivity contribution < 1.29 is 19.4 Å². The van der Waals surface area contributed by atoms with E-state index >= 15 is 0 Å². The molecule has 0 amide bonds. The summed E-state index contributed by atoms with van der Waals surface area (Å²) in [6.07, 6.45) is 7.43. The number of aliphatic hydroxyl groups is 1. The van der Waals surface area contributed by atoms with Gasteiger partial charge in [0.25, 0.3) is 0 Å². The van der Waals surface area contributed by atoms with E-state index in [9.17, 15) is 15.2 Å². The molecule has 28 heavy (non-hydrogen) atoms. The second kappa shape index (κ2) is 5.68. The Morgan fingerprint density at radius 2 is 2.18 bits per heavy atom. The smallest absolute Gasteiger partial charge is 0.207 e. The van der Waals surface area contributed by atoms with Gasteiger partial charge in [-0.15, -0.1) is 0 Å². The van der Waals surface area contributed by atoms with Gasteiger partial charge in [-0.05, 0) is 55.3 Å². The van der Waals surface area contributed by atoms with Gasteiger partial charge in [0, 0.05) is 25.4 Å². The molecule has 1 N–H and O–H groups in total. The highest BCUT2D eigenvalue weighted by molar-refractivity contribution is 5.82. The zero-order chi connectivity index (χ0) is 19.9. The number of hydrogen-bond donors (Lipinski definition) is 1. The molecule has 8 atom stereocenters. The lowest BCUT2D eigenvalue weighted by Gasteiger charge is -2.59. The van der Waals surface area contributed by atoms with E-state index < -0.39 is 17.3 Å². The molecule has 1 heterocycles. The predicted molar refractivity (Wildman–Crippen MR) is 102 cm³/mol. The fourth-order valence-electron chi connectivity index (χ4n) is 8.19. The number of carbonyl (C=O) groups is 1. The summed E-state index contributed by atoms with van der Waals surface area (Å²) in [5.41, 5.74) is -0.387. The Hall–Kier alpha value is -1.22. The van der Waals surface area contributed by atoms with Crippen molar-refractivity contribution in [3.05, 3.63) is 11.6 Å². The van der Waals surface area contributed by atoms with Gasteiger partial charge in [-0.2, -0.15) is 5.26 Å². The maximum atomic E-state index is 12.0. The summed E-state index contributed by atoms with van der Waals surface area (Å²) < 4.78 is 11.6. The second-order valence-electron chi connectivity index (χ2n) is 10.4. The molecule has 0 aromatic rings. The minimum absolute atomic E-state index is 0.0728. The Kier molecular flexibility index (Phi) is 3.81. The number of carbonyl (C=O) groups excluding carboxylic acids is 1. The number of nitriles is 1. The first-order chi connectivity index (χ1) is 13.3. The second-order valence-corrected chi connectivity index (χ2v) is 10.4. The van der Waals surface area contributed by atoms with E-state index in [1.807, 2.05) is 0 Å². The van der Waals surface area contributed by atoms with Crippen LogP contribution in [-0.2, 0) is 14.3 Å². The monoisotopic (exact) mass is 385 g/mol. The van der Waals surface area contributed by atoms with Gasteiger partial charge in [-0.3, -0.25) is 4.79 Å². The number of nitrogens with zero attached hydrogens (tertiary/aromatic N) is 1. The van der Waals surface area contributed by atoms with Gasteiger partial charge >= 0.3 is 0 Å². The van der Waals surface area contributed by atoms with Gasteiger partial charge in [0.05, 0.1) is 12.7 Å². The lowest BCUT2D eigenvalue weighted by Crippen LogP contribution is -2.58. The SMILES string of the molecule is COCC1(C#N)O[C@@]12CC[C@H]1[C@@H]3CC=C4CC(=O)CC[C@]4(C)[C@H]3[C@@H](O)C[C@@]12C. The Morgan fingerprint density at radius 1 is 1.39 bits per heavy atom. The van der Waals surface area contributed by atoms with Crippen molar-refractivity contribution in [2.75, 3.05) is 13.7 Å². The highest BCUT2D eigenvalue weighted by Gasteiger charge is 2.83. The Bertz CT molecular complexity index is 801. The van der Waals surface area contributed by atoms with E-state index in [4.69, 9.17) is 9.47 Å². The highest BCUT2D eigenvalue weighted by atomic mass is 16.7. The molecule has 5 nitrogen and oxygen atoms in total. The van der Waals surface area contributed by atoms with E-state index in [2.05, 4.69) is 26.0 Å². The summed E-state index contributed by atoms with van der Waals surface area (Å²) in [5.74, 6) is 1.35. The number of fused-ring (bicyclic) bond motifs is 6. The summed E-state index contributed by atoms with van der Waals surface area (Å²) in [6.45, 7) is 4.81. The van der Waals surface area contributed by atoms with E-state index in [0.29, 0.717) is 43.5 Å². The van der Waals surface area contributed by atoms with Crippen molar-refractivity contribution in [1.29, 1.82) is 5.26 Å². The van der Waals surface area contributed by atoms with Crippen LogP contribution < -0.4 is 0 Å². The maximum Gasteiger partial charge on any atom is 0.207 e. The first kappa shape index (κ1) is 18.8. The average molecular weight is 386 g/mol. The first-order valence-electron chi connectivity index (χ1n) is 10.8. The lowest BCUT2D eigenvalue weighted by atomic mass is 9.46. The summed E-state index contributed by atoms with van der Waals surface area (Å²) in [5, 5.41) is 21.3. The molecule has 4 aliphatic carbocycles. The van der Waals surface area contributed by atoms with Crippen LogP contribution in [0, 0.1) is 39.9 Å². The summed E-state index contributed by atoms with van der Waals surface area (Å²) in [6, 6.07) is 2.41. The largest absolute Gasteiger partial charge is 0.393 e. The van der Waals surface area contributed by atoms with Crippen LogP contribution >= 0.6 is 0 Å². The first-order valence-corrected chi connectivity index (χ1v) is 10.8. The number of methoxy groups -OCH3 is 1. The van der Waals surface area contributed by atoms with E-state index in [0.717, 1.165) is 25.7 Å². The summed E-state index contributed by atoms with van der Waals surface area (Å²) in [7, 11) is 1.62. The van der Waals surface area contributed by atoms with Crippen molar-refractivity contribution in [3.63, 3.8) is 0 Å². The normalized spacial score (nSPS) is 54.4. The van der Waals surface area contributed by atoms with Crippen molar-refractivity contribution in [2.45, 2.75) is 76.1 Å². The number of allylic oxidation sites excluding steroid dienone is 2. The van der Waals surface area contributed by atoms with Crippen LogP contribution in [0.2, 0.25) is 0 Å². The Labute approximate surface area is 167 Å². The van der Waals surface area contributed by atoms with Crippen LogP contribution in [0.4, 0.5) is 0 Å². The third-order valence-corrected chi connectivity index (χ3v) is 9.48. The number of hydrogen-bond acceptors (Lipinski definition) is 5. The number of rotatable bonds is 2. The predicted octanol–water partition coefficient (Wildman–Crippen LogP) is 3.17. The third kappa shape index (κ3) is 2.00. The number of ether oxygens (including phenoxy) is 2. The van der Waals surface area contributed by atoms with Crippen molar-refractivity contribution in [1.82, 2.24) is 0 Å². The van der Waals surface area contributed by atoms with Crippen LogP contribution in [0.1, 0.15) is 58.8 Å². The van der Waals surface area contributed by atoms with Gasteiger partial charge in [0.15, 0.2) is 0 Å². The van der Waals surface area contributed by atoms with Gasteiger partial charge in [-0.25, -0.2) is 0 Å². The molecule has 152 valence electrons. The third-order valence-electron chi connectivity index (χ3n) is 9.48. The molecule has 5 rings (SSSR count).